The van der Waals surface area contributed by atoms with Crippen molar-refractivity contribution >= 4 is 14.4 Å². The summed E-state index contributed by atoms with van der Waals surface area (Å²) < 4.78 is 0. The molecule has 0 aromatic carbocycles. The largest absolute Gasteiger partial charge is 3.00 e. The molecule has 0 aliphatic heterocycles. The summed E-state index contributed by atoms with van der Waals surface area (Å²) >= 11 is 0. The number of halogens is 4. The Kier molecular flexibility index (Phi) is 646. The summed E-state index contributed by atoms with van der Waals surface area (Å²) in [7, 11) is 0. The smallest absolute Gasteiger partial charge is 1.00 e. The normalized spacial score (nSPS) is 2.67. The van der Waals surface area contributed by atoms with Crippen molar-refractivity contribution in [1.82, 2.24) is 0 Å². The Bertz CT molecular complexity index is 38.8. The molecule has 3 nitrogen and oxygen atoms in total. The van der Waals surface area contributed by atoms with Crippen LogP contribution < -0.4 is 25.6 Å². The third kappa shape index (κ3) is 202. The summed E-state index contributed by atoms with van der Waals surface area (Å²) in [4.78, 5) is 0. The molecule has 0 rings (SSSR count). The van der Waals surface area contributed by atoms with Gasteiger partial charge in [-0.05, 0) is 0 Å². The average Bonchev–Trinajstić information content (AvgIpc) is 0.811. The Hall–Kier alpha value is -0.945. The van der Waals surface area contributed by atoms with Crippen LogP contribution in [0.4, 0.5) is 4.70 Å². The van der Waals surface area contributed by atoms with Gasteiger partial charge in [0.2, 0.25) is 0 Å². The van der Waals surface area contributed by atoms with Gasteiger partial charge >= 0.3 is 8.41 Å². The minimum atomic E-state index is -0.333. The maximum atomic E-state index is 6.06. The zero-order chi connectivity index (χ0) is 3.58. The van der Waals surface area contributed by atoms with Gasteiger partial charge in [0.1, 0.15) is 0 Å². The minimum Gasteiger partial charge on any atom is -1.00 e. The van der Waals surface area contributed by atoms with Gasteiger partial charge in [0, 0.05) is 0 Å². The number of hydrogen-bond donors (Lipinski definition) is 3. The Labute approximate surface area is 51.3 Å². The second kappa shape index (κ2) is 61.3. The van der Waals surface area contributed by atoms with E-state index in [-0.39, 0.29) is 33.2 Å². The van der Waals surface area contributed by atoms with Crippen LogP contribution in [0.3, 0.4) is 0 Å². The molecule has 0 aromatic rings. The molecule has 0 saturated heterocycles. The van der Waals surface area contributed by atoms with Crippen LogP contribution in [0.15, 0.2) is 0 Å². The van der Waals surface area contributed by atoms with Crippen molar-refractivity contribution in [2.24, 2.45) is 11.5 Å². The van der Waals surface area contributed by atoms with E-state index in [1.165, 1.54) is 0 Å². The molecule has 0 spiro atoms. The quantitative estimate of drug-likeness (QED) is 0.138. The molecule has 0 bridgehead atoms. The Morgan fingerprint density at radius 3 is 1.00 bits per heavy atom. The fourth-order valence-corrected chi connectivity index (χ4v) is 0. The van der Waals surface area contributed by atoms with E-state index in [1.807, 2.05) is 0 Å². The van der Waals surface area contributed by atoms with Crippen molar-refractivity contribution in [2.45, 2.75) is 0 Å². The molecular formula is CH6BF4N3. The fraction of sp³-hybridized carbons (Fsp3) is 0. The number of hydrogen-bond acceptors (Lipinski definition) is 1. The van der Waals surface area contributed by atoms with E-state index in [2.05, 4.69) is 11.5 Å². The first-order valence-electron chi connectivity index (χ1n) is 0.827. The van der Waals surface area contributed by atoms with Crippen molar-refractivity contribution in [2.75, 3.05) is 0 Å². The molecule has 8 heteroatoms. The van der Waals surface area contributed by atoms with Gasteiger partial charge in [-0.25, -0.2) is 0 Å². The third-order valence-corrected chi connectivity index (χ3v) is 0. The molecule has 5 N–H and O–H groups in total. The zero-order valence-corrected chi connectivity index (χ0v) is 4.27. The summed E-state index contributed by atoms with van der Waals surface area (Å²) in [5, 5.41) is 6.06. The van der Waals surface area contributed by atoms with E-state index in [9.17, 15) is 0 Å². The predicted molar refractivity (Wildman–Crippen MR) is 24.4 cm³/mol. The Morgan fingerprint density at radius 1 is 1.00 bits per heavy atom. The number of nitrogens with one attached hydrogen (secondary N) is 1. The maximum absolute atomic E-state index is 6.06. The van der Waals surface area contributed by atoms with Gasteiger partial charge in [0.05, 0.1) is 0 Å². The second-order valence-corrected chi connectivity index (χ2v) is 0.455. The van der Waals surface area contributed by atoms with Crippen LogP contribution in [-0.4, -0.2) is 14.4 Å². The van der Waals surface area contributed by atoms with Crippen LogP contribution >= 0.6 is 0 Å². The Morgan fingerprint density at radius 2 is 1.00 bits per heavy atom. The first kappa shape index (κ1) is 94.9. The molecule has 0 unspecified atom stereocenters. The minimum absolute atomic E-state index is 0. The Balaban J connectivity index is -0.00000000450. The van der Waals surface area contributed by atoms with Crippen LogP contribution in [0, 0.1) is 5.41 Å². The maximum Gasteiger partial charge on any atom is 3.00 e. The van der Waals surface area contributed by atoms with Gasteiger partial charge in [0.25, 0.3) is 0 Å². The molecule has 0 aliphatic rings. The first-order valence-corrected chi connectivity index (χ1v) is 0.827. The van der Waals surface area contributed by atoms with E-state index >= 15 is 0 Å². The molecule has 0 aliphatic carbocycles. The van der Waals surface area contributed by atoms with Crippen molar-refractivity contribution in [3.63, 3.8) is 0 Å². The van der Waals surface area contributed by atoms with Crippen molar-refractivity contribution in [3.8, 4) is 0 Å². The molecule has 0 radical (unpaired) electrons. The topological polar surface area (TPSA) is 75.9 Å². The molecule has 0 saturated carbocycles. The van der Waals surface area contributed by atoms with Gasteiger partial charge in [-0.15, -0.1) is 0 Å². The second-order valence-electron chi connectivity index (χ2n) is 0.455. The molecular weight excluding hydrogens is 141 g/mol. The van der Waals surface area contributed by atoms with Crippen LogP contribution in [0.5, 0.6) is 0 Å². The van der Waals surface area contributed by atoms with Gasteiger partial charge in [0.15, 0.2) is 5.96 Å². The van der Waals surface area contributed by atoms with Gasteiger partial charge in [-0.1, -0.05) is 0 Å². The van der Waals surface area contributed by atoms with E-state index < -0.39 is 0 Å². The standard InChI is InChI=1S/CH5N3.B.4FH/c2-1(3)4;;;;;/h(H5,2,3,4);;4*1H/q;+3;;;;/p-3. The molecule has 0 heterocycles. The summed E-state index contributed by atoms with van der Waals surface area (Å²) in [6.45, 7) is 0. The molecule has 0 fully saturated rings. The fourth-order valence-electron chi connectivity index (χ4n) is 0. The molecule has 9 heavy (non-hydrogen) atoms. The van der Waals surface area contributed by atoms with Crippen molar-refractivity contribution in [3.05, 3.63) is 0 Å². The predicted octanol–water partition coefficient (Wildman–Crippen LogP) is -10.4. The number of nitrogens with two attached hydrogens (primary N) is 2. The first-order chi connectivity index (χ1) is 1.73. The summed E-state index contributed by atoms with van der Waals surface area (Å²) in [5.41, 5.74) is 8.94. The molecule has 0 amide bonds. The van der Waals surface area contributed by atoms with Gasteiger partial charge in [-0.3, -0.25) is 10.1 Å². The van der Waals surface area contributed by atoms with Crippen molar-refractivity contribution < 1.29 is 18.8 Å². The molecule has 56 valence electrons. The summed E-state index contributed by atoms with van der Waals surface area (Å²) in [6, 6.07) is 0. The van der Waals surface area contributed by atoms with Gasteiger partial charge in [-0.2, -0.15) is 0 Å². The van der Waals surface area contributed by atoms with Crippen LogP contribution in [-0.2, 0) is 0 Å². The van der Waals surface area contributed by atoms with Crippen LogP contribution in [0.25, 0.3) is 0 Å². The summed E-state index contributed by atoms with van der Waals surface area (Å²) in [6.07, 6.45) is 0. The monoisotopic (exact) mass is 147 g/mol. The average molecular weight is 147 g/mol. The van der Waals surface area contributed by atoms with Crippen LogP contribution in [0.1, 0.15) is 0 Å². The van der Waals surface area contributed by atoms with E-state index in [4.69, 9.17) is 5.41 Å². The van der Waals surface area contributed by atoms with E-state index in [1.54, 1.807) is 0 Å². The van der Waals surface area contributed by atoms with Crippen molar-refractivity contribution in [1.29, 1.82) is 5.41 Å². The van der Waals surface area contributed by atoms with Gasteiger partial charge < -0.3 is 25.6 Å². The van der Waals surface area contributed by atoms with Crippen LogP contribution in [0.2, 0.25) is 0 Å². The SMILES string of the molecule is F.N=C(N)N.[B+3].[F-].[F-].[F-]. The van der Waals surface area contributed by atoms with E-state index in [0.717, 1.165) is 0 Å². The zero-order valence-electron chi connectivity index (χ0n) is 4.27. The van der Waals surface area contributed by atoms with E-state index in [0.29, 0.717) is 0 Å². The third-order valence-electron chi connectivity index (χ3n) is 0. The molecule has 0 atom stereocenters. The molecule has 0 aromatic heterocycles. The number of guanidine groups is 1. The number of rotatable bonds is 0. The summed E-state index contributed by atoms with van der Waals surface area (Å²) in [5.74, 6) is -0.333.